The summed E-state index contributed by atoms with van der Waals surface area (Å²) >= 11 is 0. The Morgan fingerprint density at radius 2 is 0.900 bits per heavy atom. The highest BCUT2D eigenvalue weighted by Gasteiger charge is 2.43. The second-order valence-electron chi connectivity index (χ2n) is 20.3. The van der Waals surface area contributed by atoms with Gasteiger partial charge in [-0.1, -0.05) is 71.8 Å². The van der Waals surface area contributed by atoms with E-state index in [1.54, 1.807) is 0 Å². The number of carbonyl (C=O) groups is 1. The van der Waals surface area contributed by atoms with Crippen LogP contribution in [0.25, 0.3) is 0 Å². The van der Waals surface area contributed by atoms with Crippen LogP contribution in [0.2, 0.25) is 0 Å². The van der Waals surface area contributed by atoms with E-state index in [2.05, 4.69) is 162 Å². The number of hydrogen-bond donors (Lipinski definition) is 0. The number of ether oxygens (including phenoxy) is 4. The number of aryl methyl sites for hydroxylation is 2. The van der Waals surface area contributed by atoms with E-state index < -0.39 is 0 Å². The lowest BCUT2D eigenvalue weighted by Gasteiger charge is -2.47. The van der Waals surface area contributed by atoms with Gasteiger partial charge in [0.2, 0.25) is 13.6 Å². The lowest BCUT2D eigenvalue weighted by molar-refractivity contribution is -0.133. The molecule has 4 unspecified atom stereocenters. The van der Waals surface area contributed by atoms with Gasteiger partial charge < -0.3 is 28.1 Å². The van der Waals surface area contributed by atoms with E-state index in [1.165, 1.54) is 44.8 Å². The van der Waals surface area contributed by atoms with Crippen LogP contribution < -0.4 is 18.9 Å². The molecule has 12 rings (SSSR count). The van der Waals surface area contributed by atoms with E-state index in [-0.39, 0.29) is 37.8 Å². The van der Waals surface area contributed by atoms with Crippen LogP contribution >= 0.6 is 0 Å². The molecule has 0 radical (unpaired) electrons. The first-order valence-corrected chi connectivity index (χ1v) is 25.5. The second kappa shape index (κ2) is 19.7. The van der Waals surface area contributed by atoms with Gasteiger partial charge in [0.1, 0.15) is 0 Å². The first-order valence-electron chi connectivity index (χ1n) is 25.5. The maximum absolute atomic E-state index is 16.5. The number of Topliss-reactive ketones (excluding diaryl/α,β-unsaturated/α-hetero) is 1. The quantitative estimate of drug-likeness (QED) is 0.116. The number of benzene rings is 4. The summed E-state index contributed by atoms with van der Waals surface area (Å²) < 4.78 is 27.6. The zero-order valence-corrected chi connectivity index (χ0v) is 40.7. The molecule has 2 saturated heterocycles. The van der Waals surface area contributed by atoms with Crippen LogP contribution in [0.5, 0.6) is 23.0 Å². The molecular weight excluding hydrogens is 877 g/mol. The monoisotopic (exact) mass is 943 g/mol. The van der Waals surface area contributed by atoms with E-state index in [1.807, 2.05) is 12.1 Å². The number of rotatable bonds is 14. The van der Waals surface area contributed by atoms with E-state index in [4.69, 9.17) is 18.9 Å². The fourth-order valence-corrected chi connectivity index (χ4v) is 12.0. The molecule has 2 aromatic heterocycles. The number of piperazine rings is 2. The highest BCUT2D eigenvalue weighted by Crippen LogP contribution is 2.38. The largest absolute Gasteiger partial charge is 0.454 e. The van der Waals surface area contributed by atoms with Crippen molar-refractivity contribution in [2.24, 2.45) is 0 Å². The molecule has 13 nitrogen and oxygen atoms in total. The van der Waals surface area contributed by atoms with Crippen molar-refractivity contribution in [3.8, 4) is 23.0 Å². The van der Waals surface area contributed by atoms with Gasteiger partial charge in [-0.2, -0.15) is 0 Å². The minimum absolute atomic E-state index is 0.0471. The molecule has 4 aromatic carbocycles. The standard InChI is InChI=1S/C57H66N8O5/c1-41-7-13-45(14-8-41)55-47-5-3-19-60(47)29-31-64(55)37-49(62-25-21-58(22-26-62)35-43-11-17-51-53(33-43)69-39-67-51)57(66)50(63-27-23-59(24-28-63)36-44-12-18-52-54(34-44)70-40-68-52)38-65-32-30-61-20-4-6-48(61)56(65)46-15-9-42(2)10-16-46/h3-20,33-34,49-50,55-56H,21-32,35-40H2,1-2H3. The van der Waals surface area contributed by atoms with Gasteiger partial charge in [0, 0.05) is 128 Å². The highest BCUT2D eigenvalue weighted by molar-refractivity contribution is 5.89. The minimum atomic E-state index is -0.301. The lowest BCUT2D eigenvalue weighted by Crippen LogP contribution is -2.63. The van der Waals surface area contributed by atoms with Crippen molar-refractivity contribution in [3.63, 3.8) is 0 Å². The summed E-state index contributed by atoms with van der Waals surface area (Å²) in [5, 5.41) is 0. The van der Waals surface area contributed by atoms with Crippen LogP contribution in [0.15, 0.2) is 122 Å². The number of ketones is 1. The van der Waals surface area contributed by atoms with E-state index in [0.29, 0.717) is 18.9 Å². The highest BCUT2D eigenvalue weighted by atomic mass is 16.7. The van der Waals surface area contributed by atoms with Gasteiger partial charge in [-0.05, 0) is 84.6 Å². The maximum Gasteiger partial charge on any atom is 0.231 e. The Bertz CT molecular complexity index is 2590. The fourth-order valence-electron chi connectivity index (χ4n) is 12.0. The summed E-state index contributed by atoms with van der Waals surface area (Å²) in [7, 11) is 0. The molecule has 2 fully saturated rings. The number of hydrogen-bond acceptors (Lipinski definition) is 11. The number of carbonyl (C=O) groups excluding carboxylic acids is 1. The number of fused-ring (bicyclic) bond motifs is 4. The Morgan fingerprint density at radius 1 is 0.486 bits per heavy atom. The summed E-state index contributed by atoms with van der Waals surface area (Å²) in [4.78, 5) is 31.9. The van der Waals surface area contributed by atoms with Gasteiger partial charge in [0.25, 0.3) is 0 Å². The van der Waals surface area contributed by atoms with Crippen LogP contribution in [-0.4, -0.2) is 149 Å². The average Bonchev–Trinajstić information content (AvgIpc) is 4.24. The molecule has 6 aromatic rings. The molecule has 8 heterocycles. The number of nitrogens with zero attached hydrogens (tertiary/aromatic N) is 8. The molecule has 0 amide bonds. The van der Waals surface area contributed by atoms with Crippen LogP contribution in [0.1, 0.15) is 56.9 Å². The topological polar surface area (TPSA) is 83.3 Å². The van der Waals surface area contributed by atoms with Gasteiger partial charge in [0.15, 0.2) is 28.8 Å². The van der Waals surface area contributed by atoms with Crippen LogP contribution in [0.4, 0.5) is 0 Å². The minimum Gasteiger partial charge on any atom is -0.454 e. The van der Waals surface area contributed by atoms with E-state index in [0.717, 1.165) is 115 Å². The smallest absolute Gasteiger partial charge is 0.231 e. The average molecular weight is 943 g/mol. The second-order valence-corrected chi connectivity index (χ2v) is 20.3. The van der Waals surface area contributed by atoms with Crippen molar-refractivity contribution < 1.29 is 23.7 Å². The van der Waals surface area contributed by atoms with Crippen LogP contribution in [-0.2, 0) is 31.0 Å². The molecule has 4 atom stereocenters. The molecule has 0 N–H and O–H groups in total. The van der Waals surface area contributed by atoms with Gasteiger partial charge in [0.05, 0.1) is 24.2 Å². The number of aromatic nitrogens is 2. The normalized spacial score (nSPS) is 21.9. The van der Waals surface area contributed by atoms with Gasteiger partial charge in [-0.15, -0.1) is 0 Å². The third-order valence-electron chi connectivity index (χ3n) is 15.9. The molecule has 6 aliphatic rings. The zero-order valence-electron chi connectivity index (χ0n) is 40.7. The van der Waals surface area contributed by atoms with E-state index >= 15 is 4.79 Å². The molecule has 13 heteroatoms. The lowest BCUT2D eigenvalue weighted by atomic mass is 9.93. The molecule has 0 spiro atoms. The SMILES string of the molecule is Cc1ccc(C2c3cccn3CCN2CC(C(=O)C(CN2CCn3cccc3C2c2ccc(C)cc2)N2CCN(Cc3ccc4c(c3)OCO4)CC2)N2CCN(Cc3ccc4c(c3)OCO4)CC2)cc1. The third kappa shape index (κ3) is 9.26. The van der Waals surface area contributed by atoms with E-state index in [9.17, 15) is 0 Å². The first-order chi connectivity index (χ1) is 34.4. The molecular formula is C57H66N8O5. The molecule has 0 bridgehead atoms. The Balaban J connectivity index is 0.865. The summed E-state index contributed by atoms with van der Waals surface area (Å²) in [6.45, 7) is 18.2. The first kappa shape index (κ1) is 45.2. The van der Waals surface area contributed by atoms with Crippen LogP contribution in [0.3, 0.4) is 0 Å². The Morgan fingerprint density at radius 3 is 1.33 bits per heavy atom. The summed E-state index contributed by atoms with van der Waals surface area (Å²) in [6.07, 6.45) is 4.44. The Labute approximate surface area is 412 Å². The maximum atomic E-state index is 16.5. The van der Waals surface area contributed by atoms with Gasteiger partial charge in [-0.3, -0.25) is 34.2 Å². The molecule has 0 aliphatic carbocycles. The zero-order chi connectivity index (χ0) is 47.1. The predicted octanol–water partition coefficient (Wildman–Crippen LogP) is 6.82. The summed E-state index contributed by atoms with van der Waals surface area (Å²) in [6, 6.07) is 39.2. The Kier molecular flexibility index (Phi) is 12.7. The van der Waals surface area contributed by atoms with Gasteiger partial charge >= 0.3 is 0 Å². The molecule has 6 aliphatic heterocycles. The van der Waals surface area contributed by atoms with Crippen molar-refractivity contribution in [2.75, 3.05) is 92.1 Å². The molecule has 364 valence electrons. The summed E-state index contributed by atoms with van der Waals surface area (Å²) in [5.74, 6) is 3.62. The van der Waals surface area contributed by atoms with Crippen molar-refractivity contribution >= 4 is 5.78 Å². The predicted molar refractivity (Wildman–Crippen MR) is 269 cm³/mol. The van der Waals surface area contributed by atoms with Crippen molar-refractivity contribution in [3.05, 3.63) is 166 Å². The van der Waals surface area contributed by atoms with Crippen molar-refractivity contribution in [2.45, 2.75) is 64.2 Å². The third-order valence-corrected chi connectivity index (χ3v) is 15.9. The Hall–Kier alpha value is -5.93. The molecule has 70 heavy (non-hydrogen) atoms. The molecule has 0 saturated carbocycles. The van der Waals surface area contributed by atoms with Crippen molar-refractivity contribution in [1.82, 2.24) is 38.5 Å². The summed E-state index contributed by atoms with van der Waals surface area (Å²) in [5.41, 5.74) is 10.1. The van der Waals surface area contributed by atoms with Crippen molar-refractivity contribution in [1.29, 1.82) is 0 Å². The fraction of sp³-hybridized carbons (Fsp3) is 0.421. The van der Waals surface area contributed by atoms with Crippen LogP contribution in [0, 0.1) is 13.8 Å². The van der Waals surface area contributed by atoms with Gasteiger partial charge in [-0.25, -0.2) is 0 Å².